The van der Waals surface area contributed by atoms with Crippen molar-refractivity contribution in [1.29, 1.82) is 0 Å². The highest BCUT2D eigenvalue weighted by atomic mass is 16.7. The summed E-state index contributed by atoms with van der Waals surface area (Å²) in [6.07, 6.45) is 0. The Labute approximate surface area is 203 Å². The zero-order valence-corrected chi connectivity index (χ0v) is 20.1. The Morgan fingerprint density at radius 3 is 2.46 bits per heavy atom. The molecule has 2 unspecified atom stereocenters. The molecule has 0 N–H and O–H groups in total. The molecule has 0 radical (unpaired) electrons. The fraction of sp³-hybridized carbons (Fsp3) is 0.346. The molecule has 0 bridgehead atoms. The topological polar surface area (TPSA) is 112 Å². The lowest BCUT2D eigenvalue weighted by atomic mass is 9.84. The second-order valence-corrected chi connectivity index (χ2v) is 8.50. The van der Waals surface area contributed by atoms with E-state index in [0.717, 1.165) is 0 Å². The maximum Gasteiger partial charge on any atom is 0.295 e. The van der Waals surface area contributed by atoms with Gasteiger partial charge in [-0.05, 0) is 37.3 Å². The zero-order valence-electron chi connectivity index (χ0n) is 20.1. The van der Waals surface area contributed by atoms with Gasteiger partial charge < -0.3 is 14.0 Å². The summed E-state index contributed by atoms with van der Waals surface area (Å²) < 4.78 is 16.2. The van der Waals surface area contributed by atoms with Gasteiger partial charge in [-0.15, -0.1) is 0 Å². The Balaban J connectivity index is 1.79. The summed E-state index contributed by atoms with van der Waals surface area (Å²) in [5.41, 5.74) is 1.72. The van der Waals surface area contributed by atoms with E-state index in [2.05, 4.69) is 10.1 Å². The van der Waals surface area contributed by atoms with Gasteiger partial charge in [0.1, 0.15) is 17.5 Å². The minimum Gasteiger partial charge on any atom is -0.467 e. The first-order chi connectivity index (χ1) is 16.8. The first kappa shape index (κ1) is 24.3. The number of ketones is 2. The molecule has 1 aliphatic rings. The Kier molecular flexibility index (Phi) is 7.07. The normalized spacial score (nSPS) is 17.9. The van der Waals surface area contributed by atoms with Crippen LogP contribution >= 0.6 is 0 Å². The lowest BCUT2D eigenvalue weighted by molar-refractivity contribution is -0.139. The lowest BCUT2D eigenvalue weighted by Gasteiger charge is -2.29. The van der Waals surface area contributed by atoms with Crippen LogP contribution in [0.3, 0.4) is 0 Å². The number of hydrogen-bond donors (Lipinski definition) is 0. The van der Waals surface area contributed by atoms with Gasteiger partial charge in [0, 0.05) is 36.3 Å². The third kappa shape index (κ3) is 4.72. The first-order valence-electron chi connectivity index (χ1n) is 11.4. The number of amides is 1. The molecule has 35 heavy (non-hydrogen) atoms. The number of Topliss-reactive ketones (excluding diaryl/α,β-unsaturated/α-hetero) is 2. The number of anilines is 1. The highest BCUT2D eigenvalue weighted by Crippen LogP contribution is 2.44. The van der Waals surface area contributed by atoms with E-state index in [9.17, 15) is 14.4 Å². The van der Waals surface area contributed by atoms with Gasteiger partial charge in [-0.25, -0.2) is 0 Å². The minimum atomic E-state index is -1.15. The van der Waals surface area contributed by atoms with Gasteiger partial charge in [0.05, 0.1) is 6.04 Å². The number of para-hydroxylation sites is 1. The summed E-state index contributed by atoms with van der Waals surface area (Å²) in [7, 11) is 0. The molecular formula is C26H27N3O6. The van der Waals surface area contributed by atoms with Gasteiger partial charge in [-0.1, -0.05) is 37.2 Å². The number of ether oxygens (including phenoxy) is 2. The summed E-state index contributed by atoms with van der Waals surface area (Å²) in [4.78, 5) is 45.2. The summed E-state index contributed by atoms with van der Waals surface area (Å²) in [6, 6.07) is 13.1. The monoisotopic (exact) mass is 477 g/mol. The van der Waals surface area contributed by atoms with Gasteiger partial charge in [0.15, 0.2) is 6.79 Å². The van der Waals surface area contributed by atoms with Crippen molar-refractivity contribution < 1.29 is 28.4 Å². The summed E-state index contributed by atoms with van der Waals surface area (Å²) in [6.45, 7) is 7.46. The van der Waals surface area contributed by atoms with Crippen molar-refractivity contribution in [2.45, 2.75) is 33.7 Å². The molecule has 1 saturated heterocycles. The van der Waals surface area contributed by atoms with Crippen LogP contribution in [0.1, 0.15) is 38.3 Å². The molecule has 2 heterocycles. The molecule has 2 aromatic carbocycles. The molecule has 1 aromatic heterocycles. The number of aromatic nitrogens is 2. The van der Waals surface area contributed by atoms with E-state index in [1.165, 1.54) is 4.90 Å². The SMILES string of the molecule is CCOCOc1ccccc1C1C(C(=O)C(C)C)C(=O)C(=O)N1c1ccc(-c2noc(C)n2)cc1. The third-order valence-electron chi connectivity index (χ3n) is 5.85. The summed E-state index contributed by atoms with van der Waals surface area (Å²) >= 11 is 0. The Morgan fingerprint density at radius 1 is 1.11 bits per heavy atom. The van der Waals surface area contributed by atoms with Crippen LogP contribution in [0.25, 0.3) is 11.4 Å². The Hall–Kier alpha value is -3.85. The quantitative estimate of drug-likeness (QED) is 0.197. The molecule has 0 saturated carbocycles. The van der Waals surface area contributed by atoms with Crippen LogP contribution in [0.5, 0.6) is 5.75 Å². The van der Waals surface area contributed by atoms with Crippen LogP contribution in [0.15, 0.2) is 53.1 Å². The molecule has 2 atom stereocenters. The fourth-order valence-corrected chi connectivity index (χ4v) is 4.14. The second-order valence-electron chi connectivity index (χ2n) is 8.50. The summed E-state index contributed by atoms with van der Waals surface area (Å²) in [5, 5.41) is 3.91. The molecule has 4 rings (SSSR count). The van der Waals surface area contributed by atoms with Crippen LogP contribution in [0.4, 0.5) is 5.69 Å². The van der Waals surface area contributed by atoms with Gasteiger partial charge in [0.25, 0.3) is 5.91 Å². The lowest BCUT2D eigenvalue weighted by Crippen LogP contribution is -2.32. The average Bonchev–Trinajstić information content (AvgIpc) is 3.40. The molecule has 1 fully saturated rings. The van der Waals surface area contributed by atoms with Crippen molar-refractivity contribution in [3.63, 3.8) is 0 Å². The van der Waals surface area contributed by atoms with Crippen molar-refractivity contribution in [2.24, 2.45) is 11.8 Å². The molecule has 1 amide bonds. The predicted molar refractivity (Wildman–Crippen MR) is 127 cm³/mol. The highest BCUT2D eigenvalue weighted by Gasteiger charge is 2.53. The standard InChI is InChI=1S/C26H27N3O6/c1-5-33-14-34-20-9-7-6-8-19(20)22-21(23(30)15(2)3)24(31)26(32)29(22)18-12-10-17(11-13-18)25-27-16(4)35-28-25/h6-13,15,21-22H,5,14H2,1-4H3. The van der Waals surface area contributed by atoms with Crippen molar-refractivity contribution in [3.8, 4) is 17.1 Å². The van der Waals surface area contributed by atoms with E-state index in [-0.39, 0.29) is 12.6 Å². The maximum absolute atomic E-state index is 13.3. The number of carbonyl (C=O) groups excluding carboxylic acids is 3. The van der Waals surface area contributed by atoms with Crippen LogP contribution in [-0.2, 0) is 19.1 Å². The van der Waals surface area contributed by atoms with E-state index in [1.807, 2.05) is 6.92 Å². The van der Waals surface area contributed by atoms with Gasteiger partial charge in [-0.3, -0.25) is 19.3 Å². The smallest absolute Gasteiger partial charge is 0.295 e. The number of aryl methyl sites for hydroxylation is 1. The predicted octanol–water partition coefficient (Wildman–Crippen LogP) is 3.92. The molecular weight excluding hydrogens is 450 g/mol. The number of benzene rings is 2. The van der Waals surface area contributed by atoms with E-state index >= 15 is 0 Å². The molecule has 0 aliphatic carbocycles. The number of carbonyl (C=O) groups is 3. The number of rotatable bonds is 9. The third-order valence-corrected chi connectivity index (χ3v) is 5.85. The van der Waals surface area contributed by atoms with E-state index < -0.39 is 29.6 Å². The van der Waals surface area contributed by atoms with Crippen molar-refractivity contribution >= 4 is 23.2 Å². The molecule has 0 spiro atoms. The van der Waals surface area contributed by atoms with E-state index in [1.54, 1.807) is 69.3 Å². The molecule has 9 nitrogen and oxygen atoms in total. The summed E-state index contributed by atoms with van der Waals surface area (Å²) in [5.74, 6) is -2.06. The van der Waals surface area contributed by atoms with Crippen LogP contribution in [0.2, 0.25) is 0 Å². The first-order valence-corrected chi connectivity index (χ1v) is 11.4. The van der Waals surface area contributed by atoms with Crippen molar-refractivity contribution in [1.82, 2.24) is 10.1 Å². The maximum atomic E-state index is 13.3. The van der Waals surface area contributed by atoms with Crippen molar-refractivity contribution in [3.05, 3.63) is 60.0 Å². The largest absolute Gasteiger partial charge is 0.467 e. The zero-order chi connectivity index (χ0) is 25.1. The molecule has 9 heteroatoms. The molecule has 1 aliphatic heterocycles. The van der Waals surface area contributed by atoms with Crippen LogP contribution in [0, 0.1) is 18.8 Å². The Bertz CT molecular complexity index is 1230. The molecule has 182 valence electrons. The van der Waals surface area contributed by atoms with Crippen molar-refractivity contribution in [2.75, 3.05) is 18.3 Å². The van der Waals surface area contributed by atoms with Gasteiger partial charge in [0.2, 0.25) is 17.5 Å². The Morgan fingerprint density at radius 2 is 1.83 bits per heavy atom. The van der Waals surface area contributed by atoms with Crippen LogP contribution in [-0.4, -0.2) is 41.0 Å². The average molecular weight is 478 g/mol. The second kappa shape index (κ2) is 10.2. The minimum absolute atomic E-state index is 0.00370. The van der Waals surface area contributed by atoms with E-state index in [4.69, 9.17) is 14.0 Å². The number of hydrogen-bond acceptors (Lipinski definition) is 8. The number of nitrogens with zero attached hydrogens (tertiary/aromatic N) is 3. The van der Waals surface area contributed by atoms with Gasteiger partial charge in [-0.2, -0.15) is 4.98 Å². The van der Waals surface area contributed by atoms with E-state index in [0.29, 0.717) is 40.9 Å². The van der Waals surface area contributed by atoms with Crippen LogP contribution < -0.4 is 9.64 Å². The van der Waals surface area contributed by atoms with Gasteiger partial charge >= 0.3 is 0 Å². The molecule has 3 aromatic rings. The highest BCUT2D eigenvalue weighted by molar-refractivity contribution is 6.48. The fourth-order valence-electron chi connectivity index (χ4n) is 4.14.